The number of anilines is 1. The molecule has 0 atom stereocenters. The van der Waals surface area contributed by atoms with Gasteiger partial charge in [0.1, 0.15) is 16.5 Å². The molecule has 0 aliphatic carbocycles. The van der Waals surface area contributed by atoms with Crippen LogP contribution in [-0.4, -0.2) is 39.9 Å². The summed E-state index contributed by atoms with van der Waals surface area (Å²) in [6.45, 7) is 2.86. The van der Waals surface area contributed by atoms with Crippen LogP contribution in [0, 0.1) is 12.8 Å². The highest BCUT2D eigenvalue weighted by Gasteiger charge is 2.29. The zero-order valence-corrected chi connectivity index (χ0v) is 16.3. The summed E-state index contributed by atoms with van der Waals surface area (Å²) in [7, 11) is 0. The molecule has 0 bridgehead atoms. The molecule has 4 heterocycles. The van der Waals surface area contributed by atoms with Gasteiger partial charge >= 0.3 is 0 Å². The number of piperidine rings is 1. The lowest BCUT2D eigenvalue weighted by atomic mass is 9.95. The van der Waals surface area contributed by atoms with Gasteiger partial charge in [-0.05, 0) is 31.2 Å². The second-order valence-corrected chi connectivity index (χ2v) is 8.07. The number of amides is 2. The Morgan fingerprint density at radius 2 is 2.11 bits per heavy atom. The fourth-order valence-electron chi connectivity index (χ4n) is 3.05. The molecule has 1 saturated heterocycles. The van der Waals surface area contributed by atoms with Crippen molar-refractivity contribution in [3.05, 3.63) is 39.7 Å². The summed E-state index contributed by atoms with van der Waals surface area (Å²) in [5.74, 6) is 0.792. The minimum absolute atomic E-state index is 0.0706. The summed E-state index contributed by atoms with van der Waals surface area (Å²) in [5, 5.41) is 13.2. The largest absolute Gasteiger partial charge is 0.360 e. The minimum atomic E-state index is -0.136. The van der Waals surface area contributed by atoms with Crippen LogP contribution in [0.1, 0.15) is 29.1 Å². The lowest BCUT2D eigenvalue weighted by Gasteiger charge is -2.30. The van der Waals surface area contributed by atoms with Gasteiger partial charge in [-0.2, -0.15) is 11.3 Å². The Hall–Kier alpha value is -2.52. The maximum absolute atomic E-state index is 12.7. The van der Waals surface area contributed by atoms with Crippen LogP contribution in [0.5, 0.6) is 0 Å². The van der Waals surface area contributed by atoms with Gasteiger partial charge in [-0.15, -0.1) is 11.3 Å². The fraction of sp³-hybridized carbons (Fsp3) is 0.333. The SMILES string of the molecule is Cc1cc(NC(=O)C2CCN(C(=O)c3csc(-c4ccsc4)n3)CC2)no1. The van der Waals surface area contributed by atoms with Crippen LogP contribution in [-0.2, 0) is 4.79 Å². The maximum Gasteiger partial charge on any atom is 0.273 e. The van der Waals surface area contributed by atoms with Crippen molar-refractivity contribution in [3.63, 3.8) is 0 Å². The van der Waals surface area contributed by atoms with Gasteiger partial charge in [0.2, 0.25) is 5.91 Å². The third-order valence-corrected chi connectivity index (χ3v) is 6.10. The van der Waals surface area contributed by atoms with E-state index in [-0.39, 0.29) is 17.7 Å². The molecule has 1 aliphatic rings. The molecular weight excluding hydrogens is 384 g/mol. The monoisotopic (exact) mass is 402 g/mol. The quantitative estimate of drug-likeness (QED) is 0.719. The van der Waals surface area contributed by atoms with E-state index in [1.54, 1.807) is 34.6 Å². The van der Waals surface area contributed by atoms with Crippen molar-refractivity contribution in [2.24, 2.45) is 5.92 Å². The first-order valence-electron chi connectivity index (χ1n) is 8.61. The molecular formula is C18H18N4O3S2. The number of rotatable bonds is 4. The van der Waals surface area contributed by atoms with Crippen LogP contribution in [0.4, 0.5) is 5.82 Å². The lowest BCUT2D eigenvalue weighted by molar-refractivity contribution is -0.121. The highest BCUT2D eigenvalue weighted by molar-refractivity contribution is 7.14. The van der Waals surface area contributed by atoms with Gasteiger partial charge < -0.3 is 14.7 Å². The molecule has 1 fully saturated rings. The van der Waals surface area contributed by atoms with E-state index in [2.05, 4.69) is 15.5 Å². The maximum atomic E-state index is 12.7. The first kappa shape index (κ1) is 17.9. The predicted octanol–water partition coefficient (Wildman–Crippen LogP) is 3.66. The summed E-state index contributed by atoms with van der Waals surface area (Å²) in [5.41, 5.74) is 1.52. The molecule has 3 aromatic heterocycles. The second kappa shape index (κ2) is 7.61. The molecule has 0 aromatic carbocycles. The second-order valence-electron chi connectivity index (χ2n) is 6.43. The molecule has 3 aromatic rings. The normalized spacial score (nSPS) is 15.1. The average molecular weight is 403 g/mol. The van der Waals surface area contributed by atoms with E-state index in [0.717, 1.165) is 10.6 Å². The molecule has 0 spiro atoms. The molecule has 9 heteroatoms. The number of carbonyl (C=O) groups is 2. The highest BCUT2D eigenvalue weighted by Crippen LogP contribution is 2.27. The van der Waals surface area contributed by atoms with Crippen LogP contribution in [0.25, 0.3) is 10.6 Å². The molecule has 0 radical (unpaired) electrons. The number of aromatic nitrogens is 2. The summed E-state index contributed by atoms with van der Waals surface area (Å²) in [6.07, 6.45) is 1.24. The Morgan fingerprint density at radius 1 is 1.30 bits per heavy atom. The minimum Gasteiger partial charge on any atom is -0.360 e. The van der Waals surface area contributed by atoms with Crippen molar-refractivity contribution >= 4 is 40.3 Å². The Kier molecular flexibility index (Phi) is 5.04. The van der Waals surface area contributed by atoms with Gasteiger partial charge in [0.25, 0.3) is 5.91 Å². The molecule has 1 N–H and O–H groups in total. The number of hydrogen-bond donors (Lipinski definition) is 1. The number of likely N-dealkylation sites (tertiary alicyclic amines) is 1. The van der Waals surface area contributed by atoms with Crippen molar-refractivity contribution in [2.45, 2.75) is 19.8 Å². The molecule has 4 rings (SSSR count). The van der Waals surface area contributed by atoms with E-state index >= 15 is 0 Å². The van der Waals surface area contributed by atoms with Crippen molar-refractivity contribution in [2.75, 3.05) is 18.4 Å². The molecule has 1 aliphatic heterocycles. The molecule has 140 valence electrons. The van der Waals surface area contributed by atoms with Crippen molar-refractivity contribution in [3.8, 4) is 10.6 Å². The number of nitrogens with zero attached hydrogens (tertiary/aromatic N) is 3. The number of nitrogens with one attached hydrogen (secondary N) is 1. The third kappa shape index (κ3) is 3.93. The van der Waals surface area contributed by atoms with E-state index in [4.69, 9.17) is 4.52 Å². The number of thiazole rings is 1. The number of thiophene rings is 1. The van der Waals surface area contributed by atoms with E-state index in [1.807, 2.05) is 16.8 Å². The first-order chi connectivity index (χ1) is 13.1. The number of carbonyl (C=O) groups excluding carboxylic acids is 2. The van der Waals surface area contributed by atoms with E-state index in [0.29, 0.717) is 43.2 Å². The average Bonchev–Trinajstić information content (AvgIpc) is 3.43. The zero-order valence-electron chi connectivity index (χ0n) is 14.7. The van der Waals surface area contributed by atoms with E-state index in [9.17, 15) is 9.59 Å². The van der Waals surface area contributed by atoms with E-state index in [1.165, 1.54) is 11.3 Å². The van der Waals surface area contributed by atoms with Gasteiger partial charge in [-0.3, -0.25) is 9.59 Å². The highest BCUT2D eigenvalue weighted by atomic mass is 32.1. The number of aryl methyl sites for hydroxylation is 1. The summed E-state index contributed by atoms with van der Waals surface area (Å²) >= 11 is 3.08. The van der Waals surface area contributed by atoms with Crippen molar-refractivity contribution in [1.82, 2.24) is 15.0 Å². The lowest BCUT2D eigenvalue weighted by Crippen LogP contribution is -2.41. The van der Waals surface area contributed by atoms with Gasteiger partial charge in [0.05, 0.1) is 0 Å². The van der Waals surface area contributed by atoms with Crippen molar-refractivity contribution in [1.29, 1.82) is 0 Å². The van der Waals surface area contributed by atoms with Crippen molar-refractivity contribution < 1.29 is 14.1 Å². The molecule has 7 nitrogen and oxygen atoms in total. The smallest absolute Gasteiger partial charge is 0.273 e. The molecule has 0 saturated carbocycles. The van der Waals surface area contributed by atoms with Crippen LogP contribution < -0.4 is 5.32 Å². The van der Waals surface area contributed by atoms with Gasteiger partial charge in [0, 0.05) is 41.4 Å². The van der Waals surface area contributed by atoms with Crippen LogP contribution in [0.15, 0.2) is 32.8 Å². The van der Waals surface area contributed by atoms with Gasteiger partial charge in [-0.1, -0.05) is 5.16 Å². The van der Waals surface area contributed by atoms with Crippen LogP contribution in [0.3, 0.4) is 0 Å². The Bertz CT molecular complexity index is 940. The Labute approximate surface area is 164 Å². The topological polar surface area (TPSA) is 88.3 Å². The summed E-state index contributed by atoms with van der Waals surface area (Å²) < 4.78 is 4.96. The van der Waals surface area contributed by atoms with Crippen LogP contribution in [0.2, 0.25) is 0 Å². The fourth-order valence-corrected chi connectivity index (χ4v) is 4.56. The summed E-state index contributed by atoms with van der Waals surface area (Å²) in [4.78, 5) is 31.3. The van der Waals surface area contributed by atoms with E-state index < -0.39 is 0 Å². The predicted molar refractivity (Wildman–Crippen MR) is 104 cm³/mol. The molecule has 0 unspecified atom stereocenters. The number of hydrogen-bond acceptors (Lipinski definition) is 7. The van der Waals surface area contributed by atoms with Gasteiger partial charge in [-0.25, -0.2) is 4.98 Å². The van der Waals surface area contributed by atoms with Gasteiger partial charge in [0.15, 0.2) is 5.82 Å². The third-order valence-electron chi connectivity index (χ3n) is 4.52. The first-order valence-corrected chi connectivity index (χ1v) is 10.4. The Morgan fingerprint density at radius 3 is 2.78 bits per heavy atom. The Balaban J connectivity index is 1.33. The molecule has 27 heavy (non-hydrogen) atoms. The summed E-state index contributed by atoms with van der Waals surface area (Å²) in [6, 6.07) is 3.68. The molecule has 2 amide bonds. The van der Waals surface area contributed by atoms with Crippen LogP contribution >= 0.6 is 22.7 Å². The zero-order chi connectivity index (χ0) is 18.8. The standard InChI is InChI=1S/C18H18N4O3S2/c1-11-8-15(21-25-11)20-16(23)12-2-5-22(6-3-12)18(24)14-10-27-17(19-14)13-4-7-26-9-13/h4,7-10,12H,2-3,5-6H2,1H3,(H,20,21,23).